The van der Waals surface area contributed by atoms with E-state index < -0.39 is 18.1 Å². The number of carbonyl (C=O) groups is 4. The molecule has 2 aliphatic rings. The maximum Gasteiger partial charge on any atom is 0.247 e. The third-order valence-corrected chi connectivity index (χ3v) is 6.42. The molecule has 1 aromatic rings. The Balaban J connectivity index is 1.78. The Morgan fingerprint density at radius 1 is 1.15 bits per heavy atom. The van der Waals surface area contributed by atoms with Gasteiger partial charge in [-0.15, -0.1) is 0 Å². The highest BCUT2D eigenvalue weighted by atomic mass is 16.2. The molecule has 1 aromatic carbocycles. The lowest BCUT2D eigenvalue weighted by atomic mass is 9.93. The Labute approximate surface area is 200 Å². The monoisotopic (exact) mass is 467 g/mol. The first-order valence-corrected chi connectivity index (χ1v) is 11.6. The van der Waals surface area contributed by atoms with Gasteiger partial charge < -0.3 is 26.2 Å². The largest absolute Gasteiger partial charge is 0.352 e. The number of nitrogens with one attached hydrogen (secondary N) is 4. The van der Waals surface area contributed by atoms with Crippen molar-refractivity contribution in [2.45, 2.75) is 50.5 Å². The zero-order valence-corrected chi connectivity index (χ0v) is 19.6. The molecule has 2 aliphatic heterocycles. The van der Waals surface area contributed by atoms with Crippen molar-refractivity contribution in [2.24, 2.45) is 5.92 Å². The minimum absolute atomic E-state index is 0.213. The Morgan fingerprint density at radius 3 is 2.56 bits per heavy atom. The van der Waals surface area contributed by atoms with Crippen LogP contribution in [-0.4, -0.2) is 66.3 Å². The normalized spacial score (nSPS) is 24.5. The molecular formula is C25H33N5O4. The van der Waals surface area contributed by atoms with E-state index in [4.69, 9.17) is 0 Å². The second-order valence-electron chi connectivity index (χ2n) is 8.63. The maximum atomic E-state index is 13.7. The molecule has 0 spiro atoms. The average Bonchev–Trinajstić information content (AvgIpc) is 3.24. The summed E-state index contributed by atoms with van der Waals surface area (Å²) in [6.07, 6.45) is 6.00. The van der Waals surface area contributed by atoms with E-state index in [1.165, 1.54) is 6.08 Å². The number of amides is 4. The van der Waals surface area contributed by atoms with Crippen molar-refractivity contribution in [3.05, 3.63) is 60.7 Å². The first kappa shape index (κ1) is 25.2. The number of fused-ring (bicyclic) bond motifs is 1. The van der Waals surface area contributed by atoms with E-state index in [0.717, 1.165) is 5.56 Å². The minimum atomic E-state index is -0.872. The number of hydrogen-bond donors (Lipinski definition) is 4. The molecule has 0 bridgehead atoms. The van der Waals surface area contributed by atoms with Crippen molar-refractivity contribution in [1.29, 1.82) is 0 Å². The zero-order valence-electron chi connectivity index (χ0n) is 19.6. The lowest BCUT2D eigenvalue weighted by molar-refractivity contribution is -0.143. The molecule has 0 aliphatic carbocycles. The van der Waals surface area contributed by atoms with Crippen molar-refractivity contribution in [3.63, 3.8) is 0 Å². The van der Waals surface area contributed by atoms with Gasteiger partial charge in [-0.3, -0.25) is 19.2 Å². The fourth-order valence-electron chi connectivity index (χ4n) is 4.29. The Hall–Kier alpha value is -3.46. The van der Waals surface area contributed by atoms with Gasteiger partial charge in [0.15, 0.2) is 0 Å². The van der Waals surface area contributed by atoms with Crippen LogP contribution in [0.2, 0.25) is 0 Å². The van der Waals surface area contributed by atoms with Crippen molar-refractivity contribution in [2.75, 3.05) is 13.6 Å². The van der Waals surface area contributed by atoms with Gasteiger partial charge >= 0.3 is 0 Å². The number of nitrogens with zero attached hydrogens (tertiary/aromatic N) is 1. The van der Waals surface area contributed by atoms with Gasteiger partial charge in [-0.25, -0.2) is 0 Å². The highest BCUT2D eigenvalue weighted by molar-refractivity contribution is 5.95. The van der Waals surface area contributed by atoms with E-state index in [1.54, 1.807) is 24.9 Å². The topological polar surface area (TPSA) is 120 Å². The third-order valence-electron chi connectivity index (χ3n) is 6.42. The molecule has 182 valence electrons. The zero-order chi connectivity index (χ0) is 24.7. The molecule has 0 aromatic heterocycles. The molecule has 34 heavy (non-hydrogen) atoms. The molecule has 5 atom stereocenters. The van der Waals surface area contributed by atoms with Gasteiger partial charge in [0.25, 0.3) is 0 Å². The number of hydrogen-bond acceptors (Lipinski definition) is 5. The summed E-state index contributed by atoms with van der Waals surface area (Å²) in [6.45, 7) is 5.72. The molecule has 3 rings (SSSR count). The average molecular weight is 468 g/mol. The van der Waals surface area contributed by atoms with Crippen LogP contribution >= 0.6 is 0 Å². The number of carbonyl (C=O) groups excluding carboxylic acids is 4. The van der Waals surface area contributed by atoms with E-state index in [-0.39, 0.29) is 42.1 Å². The Bertz CT molecular complexity index is 948. The molecule has 4 N–H and O–H groups in total. The SMILES string of the molecule is C=CC(=O)NC[C@H]1CC[C@H]2C=C[C@@H](C(=O)NCc3ccccc3)N2C(=O)[C@H]1NC(=O)[C@H](C)NC. The maximum absolute atomic E-state index is 13.7. The van der Waals surface area contributed by atoms with Crippen LogP contribution in [0.15, 0.2) is 55.1 Å². The minimum Gasteiger partial charge on any atom is -0.352 e. The van der Waals surface area contributed by atoms with Crippen LogP contribution in [0.1, 0.15) is 25.3 Å². The van der Waals surface area contributed by atoms with Crippen LogP contribution < -0.4 is 21.3 Å². The smallest absolute Gasteiger partial charge is 0.247 e. The summed E-state index contributed by atoms with van der Waals surface area (Å²) in [4.78, 5) is 52.7. The van der Waals surface area contributed by atoms with Crippen LogP contribution in [0.25, 0.3) is 0 Å². The van der Waals surface area contributed by atoms with Crippen molar-refractivity contribution >= 4 is 23.6 Å². The van der Waals surface area contributed by atoms with E-state index in [1.807, 2.05) is 36.4 Å². The summed E-state index contributed by atoms with van der Waals surface area (Å²) in [5, 5.41) is 11.4. The number of likely N-dealkylation sites (N-methyl/N-ethyl adjacent to an activating group) is 1. The second-order valence-corrected chi connectivity index (χ2v) is 8.63. The summed E-state index contributed by atoms with van der Waals surface area (Å²) >= 11 is 0. The quantitative estimate of drug-likeness (QED) is 0.307. The van der Waals surface area contributed by atoms with Crippen LogP contribution in [0.3, 0.4) is 0 Å². The molecule has 9 nitrogen and oxygen atoms in total. The van der Waals surface area contributed by atoms with Crippen LogP contribution in [0, 0.1) is 5.92 Å². The van der Waals surface area contributed by atoms with Crippen molar-refractivity contribution in [1.82, 2.24) is 26.2 Å². The predicted molar refractivity (Wildman–Crippen MR) is 128 cm³/mol. The molecule has 0 radical (unpaired) electrons. The van der Waals surface area contributed by atoms with Gasteiger partial charge in [0.2, 0.25) is 23.6 Å². The van der Waals surface area contributed by atoms with E-state index in [0.29, 0.717) is 19.4 Å². The molecule has 0 saturated carbocycles. The van der Waals surface area contributed by atoms with Crippen molar-refractivity contribution in [3.8, 4) is 0 Å². The van der Waals surface area contributed by atoms with Gasteiger partial charge in [-0.1, -0.05) is 49.1 Å². The van der Waals surface area contributed by atoms with E-state index >= 15 is 0 Å². The summed E-state index contributed by atoms with van der Waals surface area (Å²) < 4.78 is 0. The van der Waals surface area contributed by atoms with Gasteiger partial charge in [0, 0.05) is 19.0 Å². The lowest BCUT2D eigenvalue weighted by Gasteiger charge is -2.32. The summed E-state index contributed by atoms with van der Waals surface area (Å²) in [5.41, 5.74) is 0.959. The van der Waals surface area contributed by atoms with Gasteiger partial charge in [-0.2, -0.15) is 0 Å². The number of rotatable bonds is 9. The van der Waals surface area contributed by atoms with E-state index in [2.05, 4.69) is 27.8 Å². The highest BCUT2D eigenvalue weighted by Gasteiger charge is 2.45. The van der Waals surface area contributed by atoms with Gasteiger partial charge in [0.1, 0.15) is 12.1 Å². The Kier molecular flexibility index (Phi) is 8.59. The molecule has 1 saturated heterocycles. The van der Waals surface area contributed by atoms with Gasteiger partial charge in [-0.05, 0) is 38.5 Å². The molecule has 4 amide bonds. The van der Waals surface area contributed by atoms with Crippen LogP contribution in [0.5, 0.6) is 0 Å². The third kappa shape index (κ3) is 5.91. The first-order valence-electron chi connectivity index (χ1n) is 11.6. The second kappa shape index (κ2) is 11.6. The van der Waals surface area contributed by atoms with Gasteiger partial charge in [0.05, 0.1) is 12.1 Å². The fraction of sp³-hybridized carbons (Fsp3) is 0.440. The summed E-state index contributed by atoms with van der Waals surface area (Å²) in [5.74, 6) is -1.60. The molecule has 2 heterocycles. The summed E-state index contributed by atoms with van der Waals surface area (Å²) in [6, 6.07) is 7.15. The number of benzene rings is 1. The van der Waals surface area contributed by atoms with Crippen LogP contribution in [-0.2, 0) is 25.7 Å². The summed E-state index contributed by atoms with van der Waals surface area (Å²) in [7, 11) is 1.66. The fourth-order valence-corrected chi connectivity index (χ4v) is 4.29. The standard InChI is InChI=1S/C25H33N5O4/c1-4-21(31)27-15-18-10-11-19-12-13-20(24(33)28-14-17-8-6-5-7-9-17)30(19)25(34)22(18)29-23(32)16(2)26-3/h4-9,12-13,16,18-20,22,26H,1,10-11,14-15H2,2-3H3,(H,27,31)(H,28,33)(H,29,32)/t16-,18+,19-,20-,22-/m0/s1. The predicted octanol–water partition coefficient (Wildman–Crippen LogP) is 0.243. The molecular weight excluding hydrogens is 434 g/mol. The van der Waals surface area contributed by atoms with Crippen LogP contribution in [0.4, 0.5) is 0 Å². The lowest BCUT2D eigenvalue weighted by Crippen LogP contribution is -2.59. The molecule has 9 heteroatoms. The van der Waals surface area contributed by atoms with E-state index in [9.17, 15) is 19.2 Å². The molecule has 1 fully saturated rings. The highest BCUT2D eigenvalue weighted by Crippen LogP contribution is 2.30. The Morgan fingerprint density at radius 2 is 1.88 bits per heavy atom. The van der Waals surface area contributed by atoms with Crippen molar-refractivity contribution < 1.29 is 19.2 Å². The first-order chi connectivity index (χ1) is 16.3. The molecule has 0 unspecified atom stereocenters.